The maximum absolute atomic E-state index is 13.8. The normalized spacial score (nSPS) is 18.9. The number of rotatable bonds is 9. The Bertz CT molecular complexity index is 1130. The molecule has 0 radical (unpaired) electrons. The van der Waals surface area contributed by atoms with E-state index in [0.29, 0.717) is 24.8 Å². The third kappa shape index (κ3) is 8.03. The van der Waals surface area contributed by atoms with Crippen molar-refractivity contribution < 1.29 is 18.8 Å². The van der Waals surface area contributed by atoms with Gasteiger partial charge in [-0.25, -0.2) is 9.97 Å². The number of ether oxygens (including phenoxy) is 1. The van der Waals surface area contributed by atoms with Gasteiger partial charge in [-0.05, 0) is 80.3 Å². The first-order valence-electron chi connectivity index (χ1n) is 13.6. The van der Waals surface area contributed by atoms with Crippen LogP contribution in [0.2, 0.25) is 28.4 Å². The molecule has 0 aliphatic heterocycles. The van der Waals surface area contributed by atoms with E-state index in [9.17, 15) is 9.59 Å². The lowest BCUT2D eigenvalue weighted by molar-refractivity contribution is -0.142. The zero-order valence-corrected chi connectivity index (χ0v) is 26.6. The molecule has 1 aliphatic rings. The molecule has 0 spiro atoms. The zero-order valence-electron chi connectivity index (χ0n) is 24.1. The Balaban J connectivity index is 1.82. The minimum Gasteiger partial charge on any atom is -0.469 e. The van der Waals surface area contributed by atoms with Crippen molar-refractivity contribution >= 4 is 49.1 Å². The molecule has 2 aromatic rings. The fourth-order valence-electron chi connectivity index (χ4n) is 4.88. The van der Waals surface area contributed by atoms with Crippen LogP contribution in [0.25, 0.3) is 0 Å². The average molecular weight is 595 g/mol. The molecular formula is C29H41Cl2N3O4Si. The fourth-order valence-corrected chi connectivity index (χ4v) is 6.79. The van der Waals surface area contributed by atoms with Gasteiger partial charge in [-0.15, -0.1) is 0 Å². The molecule has 0 bridgehead atoms. The summed E-state index contributed by atoms with van der Waals surface area (Å²) in [6.45, 7) is 13.3. The van der Waals surface area contributed by atoms with E-state index < -0.39 is 8.32 Å². The second-order valence-electron chi connectivity index (χ2n) is 12.0. The summed E-state index contributed by atoms with van der Waals surface area (Å²) < 4.78 is 11.4. The van der Waals surface area contributed by atoms with Gasteiger partial charge in [-0.2, -0.15) is 0 Å². The van der Waals surface area contributed by atoms with Gasteiger partial charge in [0.05, 0.1) is 19.8 Å². The number of benzene rings is 1. The van der Waals surface area contributed by atoms with E-state index in [-0.39, 0.29) is 38.9 Å². The number of nitrogens with zero attached hydrogens (tertiary/aromatic N) is 3. The van der Waals surface area contributed by atoms with Crippen molar-refractivity contribution in [2.45, 2.75) is 90.0 Å². The molecule has 1 aromatic carbocycles. The number of anilines is 1. The standard InChI is InChI=1S/C29H41Cl2N3O4Si/c1-19(38-39(6,7)29(2,3)4)17-34(28(36)25-26(30)32-18-33-27(25)31)23-14-12-22(13-15-23)21-10-8-20(9-11-21)16-24(35)37-5/h12-15,18-21H,8-11,16-17H2,1-7H3/t19-,20?,21?/m0/s1. The molecule has 10 heteroatoms. The number of halogens is 2. The molecule has 1 aliphatic carbocycles. The lowest BCUT2D eigenvalue weighted by Crippen LogP contribution is -2.47. The van der Waals surface area contributed by atoms with E-state index >= 15 is 0 Å². The second-order valence-corrected chi connectivity index (χ2v) is 17.5. The van der Waals surface area contributed by atoms with Crippen LogP contribution in [0.1, 0.15) is 81.6 Å². The first-order chi connectivity index (χ1) is 18.2. The van der Waals surface area contributed by atoms with Crippen LogP contribution >= 0.6 is 23.2 Å². The van der Waals surface area contributed by atoms with E-state index in [2.05, 4.69) is 56.0 Å². The topological polar surface area (TPSA) is 81.6 Å². The third-order valence-corrected chi connectivity index (χ3v) is 13.3. The van der Waals surface area contributed by atoms with Gasteiger partial charge >= 0.3 is 5.97 Å². The maximum atomic E-state index is 13.8. The second kappa shape index (κ2) is 13.1. The van der Waals surface area contributed by atoms with Crippen molar-refractivity contribution in [1.82, 2.24) is 9.97 Å². The summed E-state index contributed by atoms with van der Waals surface area (Å²) in [6, 6.07) is 8.12. The Labute approximate surface area is 243 Å². The van der Waals surface area contributed by atoms with Crippen LogP contribution in [0.5, 0.6) is 0 Å². The first-order valence-corrected chi connectivity index (χ1v) is 17.2. The summed E-state index contributed by atoms with van der Waals surface area (Å²) in [7, 11) is -0.625. The molecule has 1 amide bonds. The highest BCUT2D eigenvalue weighted by Gasteiger charge is 2.39. The van der Waals surface area contributed by atoms with Gasteiger partial charge in [-0.1, -0.05) is 56.1 Å². The van der Waals surface area contributed by atoms with Crippen molar-refractivity contribution in [2.75, 3.05) is 18.6 Å². The zero-order chi connectivity index (χ0) is 29.0. The highest BCUT2D eigenvalue weighted by molar-refractivity contribution is 6.74. The molecule has 39 heavy (non-hydrogen) atoms. The monoisotopic (exact) mass is 593 g/mol. The summed E-state index contributed by atoms with van der Waals surface area (Å²) in [5, 5.41) is 0.0691. The number of hydrogen-bond acceptors (Lipinski definition) is 6. The summed E-state index contributed by atoms with van der Waals surface area (Å²) in [5.74, 6) is 0.297. The average Bonchev–Trinajstić information content (AvgIpc) is 2.86. The number of methoxy groups -OCH3 is 1. The van der Waals surface area contributed by atoms with Gasteiger partial charge < -0.3 is 14.1 Å². The van der Waals surface area contributed by atoms with Gasteiger partial charge in [0, 0.05) is 12.1 Å². The maximum Gasteiger partial charge on any atom is 0.305 e. The third-order valence-electron chi connectivity index (χ3n) is 8.16. The molecular weight excluding hydrogens is 553 g/mol. The molecule has 0 unspecified atom stereocenters. The van der Waals surface area contributed by atoms with Crippen molar-refractivity contribution in [3.63, 3.8) is 0 Å². The van der Waals surface area contributed by atoms with E-state index in [0.717, 1.165) is 31.4 Å². The highest BCUT2D eigenvalue weighted by atomic mass is 35.5. The van der Waals surface area contributed by atoms with Crippen LogP contribution in [-0.4, -0.2) is 49.9 Å². The van der Waals surface area contributed by atoms with E-state index in [1.54, 1.807) is 4.90 Å². The Morgan fingerprint density at radius 3 is 2.13 bits per heavy atom. The van der Waals surface area contributed by atoms with E-state index in [1.807, 2.05) is 19.1 Å². The van der Waals surface area contributed by atoms with Crippen LogP contribution in [-0.2, 0) is 14.0 Å². The number of hydrogen-bond donors (Lipinski definition) is 0. The molecule has 7 nitrogen and oxygen atoms in total. The summed E-state index contributed by atoms with van der Waals surface area (Å²) in [5.41, 5.74) is 2.03. The predicted molar refractivity (Wildman–Crippen MR) is 159 cm³/mol. The Kier molecular flexibility index (Phi) is 10.6. The van der Waals surface area contributed by atoms with Crippen molar-refractivity contribution in [2.24, 2.45) is 5.92 Å². The van der Waals surface area contributed by atoms with Gasteiger partial charge in [-0.3, -0.25) is 9.59 Å². The summed E-state index contributed by atoms with van der Waals surface area (Å²) in [6.07, 6.45) is 5.55. The van der Waals surface area contributed by atoms with Crippen LogP contribution in [0.15, 0.2) is 30.6 Å². The number of carbonyl (C=O) groups excluding carboxylic acids is 2. The fraction of sp³-hybridized carbons (Fsp3) is 0.586. The Hall–Kier alpha value is -2.00. The molecule has 0 N–H and O–H groups in total. The van der Waals surface area contributed by atoms with Crippen LogP contribution in [0, 0.1) is 5.92 Å². The number of esters is 1. The van der Waals surface area contributed by atoms with Crippen LogP contribution < -0.4 is 4.90 Å². The first kappa shape index (κ1) is 31.5. The quantitative estimate of drug-likeness (QED) is 0.168. The predicted octanol–water partition coefficient (Wildman–Crippen LogP) is 7.68. The lowest BCUT2D eigenvalue weighted by Gasteiger charge is -2.39. The smallest absolute Gasteiger partial charge is 0.305 e. The number of carbonyl (C=O) groups is 2. The molecule has 1 fully saturated rings. The largest absolute Gasteiger partial charge is 0.469 e. The number of aromatic nitrogens is 2. The minimum absolute atomic E-state index is 0.0169. The van der Waals surface area contributed by atoms with Crippen molar-refractivity contribution in [3.05, 3.63) is 52.0 Å². The minimum atomic E-state index is -2.07. The van der Waals surface area contributed by atoms with E-state index in [4.69, 9.17) is 32.4 Å². The molecule has 0 saturated heterocycles. The summed E-state index contributed by atoms with van der Waals surface area (Å²) in [4.78, 5) is 35.1. The molecule has 3 rings (SSSR count). The van der Waals surface area contributed by atoms with E-state index in [1.165, 1.54) is 19.0 Å². The Morgan fingerprint density at radius 1 is 1.05 bits per heavy atom. The van der Waals surface area contributed by atoms with Crippen LogP contribution in [0.3, 0.4) is 0 Å². The highest BCUT2D eigenvalue weighted by Crippen LogP contribution is 2.39. The van der Waals surface area contributed by atoms with Gasteiger partial charge in [0.15, 0.2) is 8.32 Å². The number of amides is 1. The van der Waals surface area contributed by atoms with Crippen molar-refractivity contribution in [3.8, 4) is 0 Å². The molecule has 1 heterocycles. The summed E-state index contributed by atoms with van der Waals surface area (Å²) >= 11 is 12.6. The Morgan fingerprint density at radius 2 is 1.62 bits per heavy atom. The molecule has 1 atom stereocenters. The van der Waals surface area contributed by atoms with Gasteiger partial charge in [0.25, 0.3) is 5.91 Å². The van der Waals surface area contributed by atoms with Crippen molar-refractivity contribution in [1.29, 1.82) is 0 Å². The lowest BCUT2D eigenvalue weighted by atomic mass is 9.77. The SMILES string of the molecule is COC(=O)CC1CCC(c2ccc(N(C[C@H](C)O[Si](C)(C)C(C)(C)C)C(=O)c3c(Cl)ncnc3Cl)cc2)CC1. The van der Waals surface area contributed by atoms with Gasteiger partial charge in [0.1, 0.15) is 22.2 Å². The molecule has 1 aromatic heterocycles. The van der Waals surface area contributed by atoms with Crippen LogP contribution in [0.4, 0.5) is 5.69 Å². The molecule has 1 saturated carbocycles. The molecule has 214 valence electrons. The van der Waals surface area contributed by atoms with Gasteiger partial charge in [0.2, 0.25) is 0 Å².